The first-order valence-electron chi connectivity index (χ1n) is 8.60. The van der Waals surface area contributed by atoms with E-state index in [1.807, 2.05) is 0 Å². The van der Waals surface area contributed by atoms with Gasteiger partial charge in [0.05, 0.1) is 24.6 Å². The fourth-order valence-electron chi connectivity index (χ4n) is 3.73. The number of carbonyl (C=O) groups excluding carboxylic acids is 2. The van der Waals surface area contributed by atoms with Crippen molar-refractivity contribution in [1.82, 2.24) is 5.32 Å². The van der Waals surface area contributed by atoms with Crippen LogP contribution in [0.1, 0.15) is 28.4 Å². The van der Waals surface area contributed by atoms with Crippen LogP contribution in [0.2, 0.25) is 0 Å². The maximum Gasteiger partial charge on any atom is 0.310 e. The summed E-state index contributed by atoms with van der Waals surface area (Å²) in [4.78, 5) is 24.8. The van der Waals surface area contributed by atoms with Gasteiger partial charge in [0.15, 0.2) is 11.5 Å². The van der Waals surface area contributed by atoms with Crippen LogP contribution >= 0.6 is 0 Å². The van der Waals surface area contributed by atoms with Gasteiger partial charge in [-0.05, 0) is 30.2 Å². The van der Waals surface area contributed by atoms with Crippen LogP contribution in [0.3, 0.4) is 0 Å². The van der Waals surface area contributed by atoms with E-state index in [9.17, 15) is 24.9 Å². The van der Waals surface area contributed by atoms with Crippen molar-refractivity contribution in [2.24, 2.45) is 0 Å². The van der Waals surface area contributed by atoms with E-state index in [1.165, 1.54) is 6.08 Å². The molecule has 0 unspecified atom stereocenters. The lowest BCUT2D eigenvalue weighted by molar-refractivity contribution is -0.142. The minimum absolute atomic E-state index is 0.0535. The van der Waals surface area contributed by atoms with Crippen molar-refractivity contribution in [1.29, 1.82) is 0 Å². The van der Waals surface area contributed by atoms with Gasteiger partial charge in [-0.2, -0.15) is 0 Å². The number of rotatable bonds is 3. The summed E-state index contributed by atoms with van der Waals surface area (Å²) in [6, 6.07) is 0.695. The lowest BCUT2D eigenvalue weighted by atomic mass is 9.78. The van der Waals surface area contributed by atoms with E-state index in [0.29, 0.717) is 28.2 Å². The number of benzene rings is 1. The van der Waals surface area contributed by atoms with Gasteiger partial charge in [-0.1, -0.05) is 0 Å². The van der Waals surface area contributed by atoms with E-state index in [4.69, 9.17) is 14.2 Å². The quantitative estimate of drug-likeness (QED) is 0.499. The highest BCUT2D eigenvalue weighted by Crippen LogP contribution is 2.45. The van der Waals surface area contributed by atoms with Crippen molar-refractivity contribution in [3.05, 3.63) is 28.8 Å². The molecule has 4 atom stereocenters. The highest BCUT2D eigenvalue weighted by molar-refractivity contribution is 6.07. The second-order valence-electron chi connectivity index (χ2n) is 6.54. The smallest absolute Gasteiger partial charge is 0.310 e. The van der Waals surface area contributed by atoms with Crippen LogP contribution in [0.15, 0.2) is 12.1 Å². The minimum Gasteiger partial charge on any atom is -0.466 e. The first kappa shape index (κ1) is 17.8. The van der Waals surface area contributed by atoms with Gasteiger partial charge in [-0.3, -0.25) is 9.59 Å². The summed E-state index contributed by atoms with van der Waals surface area (Å²) >= 11 is 0. The summed E-state index contributed by atoms with van der Waals surface area (Å²) in [6.07, 6.45) is -2.91. The first-order valence-corrected chi connectivity index (χ1v) is 8.60. The maximum absolute atomic E-state index is 12.8. The molecule has 144 valence electrons. The maximum atomic E-state index is 12.8. The van der Waals surface area contributed by atoms with Crippen LogP contribution in [0.25, 0.3) is 5.57 Å². The Morgan fingerprint density at radius 3 is 2.81 bits per heavy atom. The number of aliphatic hydroxyl groups excluding tert-OH is 3. The molecule has 0 aromatic heterocycles. The van der Waals surface area contributed by atoms with Crippen molar-refractivity contribution in [2.45, 2.75) is 37.7 Å². The largest absolute Gasteiger partial charge is 0.466 e. The highest BCUT2D eigenvalue weighted by Gasteiger charge is 2.44. The molecule has 4 N–H and O–H groups in total. The van der Waals surface area contributed by atoms with Crippen molar-refractivity contribution >= 4 is 17.4 Å². The predicted octanol–water partition coefficient (Wildman–Crippen LogP) is -0.887. The Labute approximate surface area is 154 Å². The average Bonchev–Trinajstić information content (AvgIpc) is 3.09. The number of hydrogen-bond acceptors (Lipinski definition) is 8. The summed E-state index contributed by atoms with van der Waals surface area (Å²) in [5.74, 6) is -0.385. The van der Waals surface area contributed by atoms with Gasteiger partial charge < -0.3 is 34.8 Å². The molecular weight excluding hydrogens is 358 g/mol. The van der Waals surface area contributed by atoms with E-state index in [2.05, 4.69) is 5.32 Å². The van der Waals surface area contributed by atoms with Crippen LogP contribution < -0.4 is 14.8 Å². The summed E-state index contributed by atoms with van der Waals surface area (Å²) in [5.41, 5.74) is 1.38. The summed E-state index contributed by atoms with van der Waals surface area (Å²) in [7, 11) is 0. The molecular formula is C18H19NO8. The number of carbonyl (C=O) groups is 2. The first-order chi connectivity index (χ1) is 12.9. The Morgan fingerprint density at radius 1 is 1.30 bits per heavy atom. The summed E-state index contributed by atoms with van der Waals surface area (Å²) < 4.78 is 15.9. The van der Waals surface area contributed by atoms with E-state index >= 15 is 0 Å². The molecule has 3 aliphatic rings. The molecule has 9 nitrogen and oxygen atoms in total. The van der Waals surface area contributed by atoms with E-state index in [-0.39, 0.29) is 25.4 Å². The molecule has 27 heavy (non-hydrogen) atoms. The van der Waals surface area contributed by atoms with Gasteiger partial charge >= 0.3 is 5.97 Å². The van der Waals surface area contributed by atoms with Crippen molar-refractivity contribution in [3.8, 4) is 11.5 Å². The number of fused-ring (bicyclic) bond motifs is 4. The van der Waals surface area contributed by atoms with Crippen LogP contribution in [0.5, 0.6) is 11.5 Å². The fraction of sp³-hybridized carbons (Fsp3) is 0.444. The van der Waals surface area contributed by atoms with Crippen LogP contribution in [-0.2, 0) is 16.0 Å². The molecule has 1 aliphatic carbocycles. The number of nitrogens with one attached hydrogen (secondary N) is 1. The molecule has 1 aromatic carbocycles. The monoisotopic (exact) mass is 377 g/mol. The predicted molar refractivity (Wildman–Crippen MR) is 90.2 cm³/mol. The van der Waals surface area contributed by atoms with Crippen molar-refractivity contribution in [3.63, 3.8) is 0 Å². The Kier molecular flexibility index (Phi) is 4.29. The summed E-state index contributed by atoms with van der Waals surface area (Å²) in [6.45, 7) is 1.83. The average molecular weight is 377 g/mol. The molecule has 0 bridgehead atoms. The second-order valence-corrected chi connectivity index (χ2v) is 6.54. The van der Waals surface area contributed by atoms with Gasteiger partial charge in [0, 0.05) is 5.56 Å². The lowest BCUT2D eigenvalue weighted by Crippen LogP contribution is -2.57. The Morgan fingerprint density at radius 2 is 2.07 bits per heavy atom. The second kappa shape index (κ2) is 6.52. The molecule has 9 heteroatoms. The molecule has 0 fully saturated rings. The molecule has 0 saturated heterocycles. The zero-order valence-corrected chi connectivity index (χ0v) is 14.5. The zero-order valence-electron chi connectivity index (χ0n) is 14.5. The zero-order chi connectivity index (χ0) is 19.3. The van der Waals surface area contributed by atoms with Gasteiger partial charge in [0.25, 0.3) is 5.91 Å². The van der Waals surface area contributed by atoms with Crippen LogP contribution in [0.4, 0.5) is 0 Å². The molecule has 0 saturated carbocycles. The molecule has 2 heterocycles. The Hall–Kier alpha value is -2.62. The molecule has 1 aromatic rings. The van der Waals surface area contributed by atoms with Crippen LogP contribution in [-0.4, -0.2) is 64.9 Å². The number of esters is 1. The van der Waals surface area contributed by atoms with Crippen molar-refractivity contribution < 1.29 is 39.1 Å². The van der Waals surface area contributed by atoms with E-state index in [1.54, 1.807) is 13.0 Å². The normalized spacial score (nSPS) is 28.0. The van der Waals surface area contributed by atoms with Crippen molar-refractivity contribution in [2.75, 3.05) is 13.4 Å². The SMILES string of the molecule is CCOC(=O)Cc1c2c(cc3c1C(=O)N[C@@H]1C3=C[C@H](O)[C@@H](O)[C@H]1O)OCO2. The number of hydrogen-bond donors (Lipinski definition) is 4. The van der Waals surface area contributed by atoms with Gasteiger partial charge in [-0.15, -0.1) is 0 Å². The third-order valence-corrected chi connectivity index (χ3v) is 4.94. The Balaban J connectivity index is 1.89. The number of aliphatic hydroxyl groups is 3. The molecule has 0 radical (unpaired) electrons. The van der Waals surface area contributed by atoms with Crippen LogP contribution in [0, 0.1) is 0 Å². The van der Waals surface area contributed by atoms with Gasteiger partial charge in [0.2, 0.25) is 6.79 Å². The fourth-order valence-corrected chi connectivity index (χ4v) is 3.73. The highest BCUT2D eigenvalue weighted by atomic mass is 16.7. The molecule has 2 aliphatic heterocycles. The topological polar surface area (TPSA) is 135 Å². The Bertz CT molecular complexity index is 848. The third-order valence-electron chi connectivity index (χ3n) is 4.94. The minimum atomic E-state index is -1.42. The van der Waals surface area contributed by atoms with Gasteiger partial charge in [-0.25, -0.2) is 0 Å². The standard InChI is InChI=1S/C18H19NO8/c1-2-25-12(21)5-9-13-7(4-11-17(9)27-6-26-11)8-3-10(20)15(22)16(23)14(8)19-18(13)24/h3-4,10,14-16,20,22-23H,2,5-6H2,1H3,(H,19,24)/t10-,14+,15+,16-/m0/s1. The molecule has 0 spiro atoms. The lowest BCUT2D eigenvalue weighted by Gasteiger charge is -2.39. The number of ether oxygens (including phenoxy) is 3. The number of amides is 1. The summed E-state index contributed by atoms with van der Waals surface area (Å²) in [5, 5.41) is 32.8. The van der Waals surface area contributed by atoms with Gasteiger partial charge in [0.1, 0.15) is 18.3 Å². The molecule has 1 amide bonds. The third kappa shape index (κ3) is 2.75. The van der Waals surface area contributed by atoms with E-state index < -0.39 is 36.2 Å². The molecule has 4 rings (SSSR count). The van der Waals surface area contributed by atoms with E-state index in [0.717, 1.165) is 0 Å².